The SMILES string of the molecule is CCN(C(=O)C[C@H]1COc2ccc(C(=O)N3CCOCC3)cc2N1C)C(C)C. The van der Waals surface area contributed by atoms with Crippen molar-refractivity contribution in [3.63, 3.8) is 0 Å². The Labute approximate surface area is 167 Å². The van der Waals surface area contributed by atoms with Gasteiger partial charge in [-0.15, -0.1) is 0 Å². The van der Waals surface area contributed by atoms with Crippen LogP contribution in [-0.2, 0) is 9.53 Å². The van der Waals surface area contributed by atoms with E-state index in [0.29, 0.717) is 51.4 Å². The van der Waals surface area contributed by atoms with Crippen molar-refractivity contribution < 1.29 is 19.1 Å². The molecule has 1 aromatic carbocycles. The predicted octanol–water partition coefficient (Wildman–Crippen LogP) is 2.00. The Morgan fingerprint density at radius 3 is 2.61 bits per heavy atom. The number of hydrogen-bond acceptors (Lipinski definition) is 5. The van der Waals surface area contributed by atoms with E-state index in [9.17, 15) is 9.59 Å². The molecule has 1 atom stereocenters. The lowest BCUT2D eigenvalue weighted by molar-refractivity contribution is -0.133. The summed E-state index contributed by atoms with van der Waals surface area (Å²) in [6.45, 7) is 9.59. The topological polar surface area (TPSA) is 62.3 Å². The maximum atomic E-state index is 12.8. The second kappa shape index (κ2) is 8.82. The fourth-order valence-electron chi connectivity index (χ4n) is 3.84. The third-order valence-corrected chi connectivity index (χ3v) is 5.56. The Balaban J connectivity index is 1.74. The first-order chi connectivity index (χ1) is 13.4. The van der Waals surface area contributed by atoms with Gasteiger partial charge in [0.15, 0.2) is 0 Å². The molecule has 0 spiro atoms. The molecule has 28 heavy (non-hydrogen) atoms. The van der Waals surface area contributed by atoms with Gasteiger partial charge in [0.05, 0.1) is 31.4 Å². The van der Waals surface area contributed by atoms with E-state index in [1.165, 1.54) is 0 Å². The average Bonchev–Trinajstić information content (AvgIpc) is 2.70. The highest BCUT2D eigenvalue weighted by Crippen LogP contribution is 2.35. The predicted molar refractivity (Wildman–Crippen MR) is 108 cm³/mol. The van der Waals surface area contributed by atoms with Crippen LogP contribution >= 0.6 is 0 Å². The third kappa shape index (κ3) is 4.24. The summed E-state index contributed by atoms with van der Waals surface area (Å²) < 4.78 is 11.2. The zero-order valence-corrected chi connectivity index (χ0v) is 17.3. The first kappa shape index (κ1) is 20.5. The molecule has 2 heterocycles. The highest BCUT2D eigenvalue weighted by molar-refractivity contribution is 5.96. The highest BCUT2D eigenvalue weighted by atomic mass is 16.5. The molecule has 2 aliphatic heterocycles. The first-order valence-electron chi connectivity index (χ1n) is 10.1. The van der Waals surface area contributed by atoms with Crippen LogP contribution in [0.4, 0.5) is 5.69 Å². The number of ether oxygens (including phenoxy) is 2. The largest absolute Gasteiger partial charge is 0.489 e. The van der Waals surface area contributed by atoms with Gasteiger partial charge in [0.25, 0.3) is 5.91 Å². The molecular weight excluding hydrogens is 358 g/mol. The summed E-state index contributed by atoms with van der Waals surface area (Å²) in [4.78, 5) is 31.3. The summed E-state index contributed by atoms with van der Waals surface area (Å²) in [7, 11) is 1.97. The number of likely N-dealkylation sites (N-methyl/N-ethyl adjacent to an activating group) is 1. The fraction of sp³-hybridized carbons (Fsp3) is 0.619. The van der Waals surface area contributed by atoms with Gasteiger partial charge in [0, 0.05) is 38.3 Å². The molecule has 2 aliphatic rings. The lowest BCUT2D eigenvalue weighted by atomic mass is 10.1. The van der Waals surface area contributed by atoms with Gasteiger partial charge in [-0.2, -0.15) is 0 Å². The number of anilines is 1. The molecule has 1 fully saturated rings. The Hall–Kier alpha value is -2.28. The van der Waals surface area contributed by atoms with E-state index in [1.54, 1.807) is 0 Å². The van der Waals surface area contributed by atoms with Gasteiger partial charge in [0.2, 0.25) is 5.91 Å². The van der Waals surface area contributed by atoms with E-state index in [4.69, 9.17) is 9.47 Å². The van der Waals surface area contributed by atoms with Gasteiger partial charge in [-0.05, 0) is 39.0 Å². The molecule has 0 unspecified atom stereocenters. The quantitative estimate of drug-likeness (QED) is 0.771. The Bertz CT molecular complexity index is 716. The molecular formula is C21H31N3O4. The van der Waals surface area contributed by atoms with Gasteiger partial charge in [-0.25, -0.2) is 0 Å². The fourth-order valence-corrected chi connectivity index (χ4v) is 3.84. The van der Waals surface area contributed by atoms with Crippen LogP contribution in [0.5, 0.6) is 5.75 Å². The van der Waals surface area contributed by atoms with E-state index < -0.39 is 0 Å². The van der Waals surface area contributed by atoms with E-state index in [-0.39, 0.29) is 23.9 Å². The lowest BCUT2D eigenvalue weighted by Crippen LogP contribution is -2.46. The molecule has 0 bridgehead atoms. The summed E-state index contributed by atoms with van der Waals surface area (Å²) >= 11 is 0. The second-order valence-corrected chi connectivity index (χ2v) is 7.64. The summed E-state index contributed by atoms with van der Waals surface area (Å²) in [5.74, 6) is 0.887. The van der Waals surface area contributed by atoms with E-state index in [2.05, 4.69) is 4.90 Å². The monoisotopic (exact) mass is 389 g/mol. The first-order valence-corrected chi connectivity index (χ1v) is 10.1. The van der Waals surface area contributed by atoms with Crippen LogP contribution < -0.4 is 9.64 Å². The summed E-state index contributed by atoms with van der Waals surface area (Å²) in [6, 6.07) is 5.67. The molecule has 3 rings (SSSR count). The minimum absolute atomic E-state index is 0.00895. The third-order valence-electron chi connectivity index (χ3n) is 5.56. The Kier molecular flexibility index (Phi) is 6.44. The number of hydrogen-bond donors (Lipinski definition) is 0. The Morgan fingerprint density at radius 2 is 1.96 bits per heavy atom. The van der Waals surface area contributed by atoms with Crippen molar-refractivity contribution in [3.8, 4) is 5.75 Å². The van der Waals surface area contributed by atoms with Crippen LogP contribution in [0, 0.1) is 0 Å². The molecule has 2 amide bonds. The minimum Gasteiger partial charge on any atom is -0.489 e. The van der Waals surface area contributed by atoms with Crippen molar-refractivity contribution in [1.29, 1.82) is 0 Å². The zero-order chi connectivity index (χ0) is 20.3. The molecule has 0 saturated carbocycles. The molecule has 1 aromatic rings. The van der Waals surface area contributed by atoms with Gasteiger partial charge >= 0.3 is 0 Å². The van der Waals surface area contributed by atoms with E-state index >= 15 is 0 Å². The average molecular weight is 389 g/mol. The Morgan fingerprint density at radius 1 is 1.25 bits per heavy atom. The molecule has 7 nitrogen and oxygen atoms in total. The second-order valence-electron chi connectivity index (χ2n) is 7.64. The standard InChI is InChI=1S/C21H31N3O4/c1-5-24(15(2)3)20(25)13-17-14-28-19-7-6-16(12-18(19)22(17)4)21(26)23-8-10-27-11-9-23/h6-7,12,15,17H,5,8-11,13-14H2,1-4H3/t17-/m0/s1. The van der Waals surface area contributed by atoms with Crippen LogP contribution in [0.1, 0.15) is 37.6 Å². The smallest absolute Gasteiger partial charge is 0.254 e. The number of morpholine rings is 1. The van der Waals surface area contributed by atoms with Gasteiger partial charge in [-0.3, -0.25) is 9.59 Å². The number of rotatable bonds is 5. The van der Waals surface area contributed by atoms with E-state index in [0.717, 1.165) is 11.4 Å². The molecule has 1 saturated heterocycles. The molecule has 0 radical (unpaired) electrons. The van der Waals surface area contributed by atoms with Crippen LogP contribution in [0.3, 0.4) is 0 Å². The highest BCUT2D eigenvalue weighted by Gasteiger charge is 2.30. The van der Waals surface area contributed by atoms with Crippen LogP contribution in [-0.4, -0.2) is 80.2 Å². The molecule has 7 heteroatoms. The van der Waals surface area contributed by atoms with E-state index in [1.807, 2.05) is 55.8 Å². The van der Waals surface area contributed by atoms with Crippen LogP contribution in [0.15, 0.2) is 18.2 Å². The summed E-state index contributed by atoms with van der Waals surface area (Å²) in [5, 5.41) is 0. The van der Waals surface area contributed by atoms with Gasteiger partial charge in [0.1, 0.15) is 12.4 Å². The number of carbonyl (C=O) groups excluding carboxylic acids is 2. The molecule has 0 N–H and O–H groups in total. The summed E-state index contributed by atoms with van der Waals surface area (Å²) in [6.07, 6.45) is 0.392. The number of benzene rings is 1. The number of carbonyl (C=O) groups is 2. The minimum atomic E-state index is -0.0541. The normalized spacial score (nSPS) is 19.2. The van der Waals surface area contributed by atoms with Gasteiger partial charge in [-0.1, -0.05) is 0 Å². The van der Waals surface area contributed by atoms with Crippen molar-refractivity contribution in [2.24, 2.45) is 0 Å². The number of amides is 2. The zero-order valence-electron chi connectivity index (χ0n) is 17.3. The molecule has 0 aromatic heterocycles. The van der Waals surface area contributed by atoms with Crippen molar-refractivity contribution in [3.05, 3.63) is 23.8 Å². The van der Waals surface area contributed by atoms with Crippen LogP contribution in [0.2, 0.25) is 0 Å². The lowest BCUT2D eigenvalue weighted by Gasteiger charge is -2.37. The van der Waals surface area contributed by atoms with Crippen LogP contribution in [0.25, 0.3) is 0 Å². The maximum Gasteiger partial charge on any atom is 0.254 e. The van der Waals surface area contributed by atoms with Gasteiger partial charge < -0.3 is 24.2 Å². The van der Waals surface area contributed by atoms with Crippen molar-refractivity contribution in [2.75, 3.05) is 51.4 Å². The van der Waals surface area contributed by atoms with Crippen molar-refractivity contribution in [2.45, 2.75) is 39.3 Å². The number of nitrogens with zero attached hydrogens (tertiary/aromatic N) is 3. The molecule has 0 aliphatic carbocycles. The van der Waals surface area contributed by atoms with Crippen molar-refractivity contribution >= 4 is 17.5 Å². The molecule has 154 valence electrons. The maximum absolute atomic E-state index is 12.8. The van der Waals surface area contributed by atoms with Crippen molar-refractivity contribution in [1.82, 2.24) is 9.80 Å². The number of fused-ring (bicyclic) bond motifs is 1. The summed E-state index contributed by atoms with van der Waals surface area (Å²) in [5.41, 5.74) is 1.50.